The van der Waals surface area contributed by atoms with Crippen LogP contribution in [-0.2, 0) is 0 Å². The van der Waals surface area contributed by atoms with E-state index in [0.717, 1.165) is 5.75 Å². The maximum absolute atomic E-state index is 12.8. The zero-order valence-electron chi connectivity index (χ0n) is 15.6. The van der Waals surface area contributed by atoms with Crippen LogP contribution in [0.15, 0.2) is 71.2 Å². The van der Waals surface area contributed by atoms with Crippen molar-refractivity contribution in [3.05, 3.63) is 76.8 Å². The van der Waals surface area contributed by atoms with Crippen LogP contribution in [0.3, 0.4) is 0 Å². The van der Waals surface area contributed by atoms with Gasteiger partial charge in [-0.05, 0) is 77.5 Å². The Hall–Kier alpha value is -2.99. The van der Waals surface area contributed by atoms with Gasteiger partial charge >= 0.3 is 0 Å². The standard InChI is InChI=1S/C22H20BrNO4/c1-3-27-15-8-10-16(11-9-15)28-21-7-5-4-6-20(21)24-22(25)18-14-17(26-2)12-13-19(18)23/h4-14H,3H2,1-2H3,(H,24,25). The SMILES string of the molecule is CCOc1ccc(Oc2ccccc2NC(=O)c2cc(OC)ccc2Br)cc1. The molecule has 3 aromatic rings. The maximum atomic E-state index is 12.8. The largest absolute Gasteiger partial charge is 0.497 e. The number of methoxy groups -OCH3 is 1. The first kappa shape index (κ1) is 19.8. The average Bonchev–Trinajstić information content (AvgIpc) is 2.71. The van der Waals surface area contributed by atoms with Gasteiger partial charge in [0, 0.05) is 4.47 Å². The van der Waals surface area contributed by atoms with Gasteiger partial charge in [0.1, 0.15) is 17.2 Å². The molecule has 0 spiro atoms. The topological polar surface area (TPSA) is 56.8 Å². The predicted octanol–water partition coefficient (Wildman–Crippen LogP) is 5.90. The Kier molecular flexibility index (Phi) is 6.55. The molecule has 1 N–H and O–H groups in total. The Morgan fingerprint density at radius 3 is 2.36 bits per heavy atom. The quantitative estimate of drug-likeness (QED) is 0.495. The number of amides is 1. The van der Waals surface area contributed by atoms with Crippen molar-refractivity contribution in [1.29, 1.82) is 0 Å². The smallest absolute Gasteiger partial charge is 0.257 e. The number of rotatable bonds is 7. The Balaban J connectivity index is 1.79. The zero-order chi connectivity index (χ0) is 19.9. The summed E-state index contributed by atoms with van der Waals surface area (Å²) in [6.45, 7) is 2.54. The molecule has 0 aliphatic heterocycles. The van der Waals surface area contributed by atoms with E-state index in [0.29, 0.717) is 39.6 Å². The lowest BCUT2D eigenvalue weighted by molar-refractivity contribution is 0.102. The second-order valence-corrected chi connectivity index (χ2v) is 6.66. The van der Waals surface area contributed by atoms with E-state index < -0.39 is 0 Å². The van der Waals surface area contributed by atoms with Crippen molar-refractivity contribution in [3.63, 3.8) is 0 Å². The van der Waals surface area contributed by atoms with Crippen LogP contribution in [0.5, 0.6) is 23.0 Å². The molecule has 0 saturated carbocycles. The van der Waals surface area contributed by atoms with Crippen LogP contribution in [-0.4, -0.2) is 19.6 Å². The number of hydrogen-bond donors (Lipinski definition) is 1. The normalized spacial score (nSPS) is 10.2. The molecule has 3 aromatic carbocycles. The van der Waals surface area contributed by atoms with Crippen LogP contribution in [0.25, 0.3) is 0 Å². The first-order chi connectivity index (χ1) is 13.6. The first-order valence-corrected chi connectivity index (χ1v) is 9.54. The molecule has 0 aliphatic carbocycles. The highest BCUT2D eigenvalue weighted by Crippen LogP contribution is 2.31. The number of hydrogen-bond acceptors (Lipinski definition) is 4. The van der Waals surface area contributed by atoms with Crippen molar-refractivity contribution in [2.45, 2.75) is 6.92 Å². The highest BCUT2D eigenvalue weighted by atomic mass is 79.9. The Labute approximate surface area is 172 Å². The van der Waals surface area contributed by atoms with Crippen LogP contribution < -0.4 is 19.5 Å². The van der Waals surface area contributed by atoms with Crippen molar-refractivity contribution in [1.82, 2.24) is 0 Å². The van der Waals surface area contributed by atoms with Gasteiger partial charge in [0.05, 0.1) is 25.0 Å². The van der Waals surface area contributed by atoms with Crippen molar-refractivity contribution in [2.75, 3.05) is 19.0 Å². The summed E-state index contributed by atoms with van der Waals surface area (Å²) in [5, 5.41) is 2.90. The summed E-state index contributed by atoms with van der Waals surface area (Å²) >= 11 is 3.41. The minimum Gasteiger partial charge on any atom is -0.497 e. The minimum atomic E-state index is -0.270. The molecule has 0 atom stereocenters. The predicted molar refractivity (Wildman–Crippen MR) is 113 cm³/mol. The molecule has 3 rings (SSSR count). The molecule has 0 aliphatic rings. The van der Waals surface area contributed by atoms with Crippen molar-refractivity contribution in [3.8, 4) is 23.0 Å². The maximum Gasteiger partial charge on any atom is 0.257 e. The molecule has 0 radical (unpaired) electrons. The zero-order valence-corrected chi connectivity index (χ0v) is 17.2. The van der Waals surface area contributed by atoms with E-state index >= 15 is 0 Å². The molecule has 1 amide bonds. The summed E-state index contributed by atoms with van der Waals surface area (Å²) in [5.74, 6) is 2.30. The number of para-hydroxylation sites is 2. The molecule has 0 unspecified atom stereocenters. The summed E-state index contributed by atoms with van der Waals surface area (Å²) < 4.78 is 17.3. The van der Waals surface area contributed by atoms with E-state index in [2.05, 4.69) is 21.2 Å². The third kappa shape index (κ3) is 4.84. The van der Waals surface area contributed by atoms with Gasteiger partial charge in [0.2, 0.25) is 0 Å². The average molecular weight is 442 g/mol. The van der Waals surface area contributed by atoms with Crippen molar-refractivity contribution < 1.29 is 19.0 Å². The number of carbonyl (C=O) groups is 1. The lowest BCUT2D eigenvalue weighted by Crippen LogP contribution is -2.13. The van der Waals surface area contributed by atoms with Crippen LogP contribution in [0.1, 0.15) is 17.3 Å². The Morgan fingerprint density at radius 2 is 1.64 bits per heavy atom. The van der Waals surface area contributed by atoms with Gasteiger partial charge in [-0.25, -0.2) is 0 Å². The third-order valence-corrected chi connectivity index (χ3v) is 4.61. The molecule has 0 fully saturated rings. The van der Waals surface area contributed by atoms with Crippen LogP contribution in [0.4, 0.5) is 5.69 Å². The van der Waals surface area contributed by atoms with Gasteiger partial charge in [0.25, 0.3) is 5.91 Å². The lowest BCUT2D eigenvalue weighted by Gasteiger charge is -2.13. The molecule has 0 bridgehead atoms. The minimum absolute atomic E-state index is 0.270. The van der Waals surface area contributed by atoms with E-state index in [-0.39, 0.29) is 5.91 Å². The molecule has 6 heteroatoms. The third-order valence-electron chi connectivity index (χ3n) is 3.92. The molecular weight excluding hydrogens is 422 g/mol. The molecule has 5 nitrogen and oxygen atoms in total. The molecule has 0 heterocycles. The number of halogens is 1. The highest BCUT2D eigenvalue weighted by Gasteiger charge is 2.14. The van der Waals surface area contributed by atoms with Gasteiger partial charge in [-0.3, -0.25) is 4.79 Å². The molecule has 0 saturated heterocycles. The second-order valence-electron chi connectivity index (χ2n) is 5.80. The first-order valence-electron chi connectivity index (χ1n) is 8.75. The number of carbonyl (C=O) groups excluding carboxylic acids is 1. The van der Waals surface area contributed by atoms with E-state index in [1.807, 2.05) is 43.3 Å². The second kappa shape index (κ2) is 9.28. The van der Waals surface area contributed by atoms with Gasteiger partial charge in [-0.1, -0.05) is 12.1 Å². The summed E-state index contributed by atoms with van der Waals surface area (Å²) in [4.78, 5) is 12.8. The lowest BCUT2D eigenvalue weighted by atomic mass is 10.2. The van der Waals surface area contributed by atoms with Gasteiger partial charge < -0.3 is 19.5 Å². The van der Waals surface area contributed by atoms with Crippen LogP contribution in [0.2, 0.25) is 0 Å². The van der Waals surface area contributed by atoms with Crippen LogP contribution >= 0.6 is 15.9 Å². The van der Waals surface area contributed by atoms with Crippen molar-refractivity contribution >= 4 is 27.5 Å². The number of nitrogens with one attached hydrogen (secondary N) is 1. The van der Waals surface area contributed by atoms with Gasteiger partial charge in [0.15, 0.2) is 5.75 Å². The van der Waals surface area contributed by atoms with E-state index in [9.17, 15) is 4.79 Å². The van der Waals surface area contributed by atoms with E-state index in [1.54, 1.807) is 37.4 Å². The fourth-order valence-electron chi connectivity index (χ4n) is 2.55. The van der Waals surface area contributed by atoms with E-state index in [1.165, 1.54) is 0 Å². The summed E-state index contributed by atoms with van der Waals surface area (Å²) in [6.07, 6.45) is 0. The summed E-state index contributed by atoms with van der Waals surface area (Å²) in [7, 11) is 1.56. The highest BCUT2D eigenvalue weighted by molar-refractivity contribution is 9.10. The summed E-state index contributed by atoms with van der Waals surface area (Å²) in [6, 6.07) is 19.8. The summed E-state index contributed by atoms with van der Waals surface area (Å²) in [5.41, 5.74) is 1.03. The Bertz CT molecular complexity index is 957. The molecular formula is C22H20BrNO4. The molecule has 0 aromatic heterocycles. The monoisotopic (exact) mass is 441 g/mol. The fraction of sp³-hybridized carbons (Fsp3) is 0.136. The van der Waals surface area contributed by atoms with Gasteiger partial charge in [-0.2, -0.15) is 0 Å². The van der Waals surface area contributed by atoms with Crippen molar-refractivity contribution in [2.24, 2.45) is 0 Å². The van der Waals surface area contributed by atoms with Crippen LogP contribution in [0, 0.1) is 0 Å². The molecule has 28 heavy (non-hydrogen) atoms. The van der Waals surface area contributed by atoms with Gasteiger partial charge in [-0.15, -0.1) is 0 Å². The Morgan fingerprint density at radius 1 is 0.964 bits per heavy atom. The number of ether oxygens (including phenoxy) is 3. The fourth-order valence-corrected chi connectivity index (χ4v) is 2.98. The number of anilines is 1. The van der Waals surface area contributed by atoms with E-state index in [4.69, 9.17) is 14.2 Å². The molecule has 144 valence electrons. The number of benzene rings is 3.